The van der Waals surface area contributed by atoms with E-state index < -0.39 is 20.9 Å². The fourth-order valence-corrected chi connectivity index (χ4v) is 3.79. The molecule has 3 aromatic carbocycles. The van der Waals surface area contributed by atoms with Gasteiger partial charge in [0, 0.05) is 23.4 Å². The molecular formula is C20H16ClN3O5S. The Hall–Kier alpha value is -3.43. The first-order chi connectivity index (χ1) is 14.2. The number of hydrogen-bond acceptors (Lipinski definition) is 5. The average Bonchev–Trinajstić information content (AvgIpc) is 2.69. The second-order valence-electron chi connectivity index (χ2n) is 6.37. The van der Waals surface area contributed by atoms with Crippen molar-refractivity contribution < 1.29 is 18.1 Å². The van der Waals surface area contributed by atoms with Crippen molar-refractivity contribution in [3.63, 3.8) is 0 Å². The van der Waals surface area contributed by atoms with Gasteiger partial charge in [-0.25, -0.2) is 8.42 Å². The van der Waals surface area contributed by atoms with Crippen LogP contribution in [0, 0.1) is 17.0 Å². The van der Waals surface area contributed by atoms with E-state index in [2.05, 4.69) is 10.0 Å². The zero-order chi connectivity index (χ0) is 21.9. The lowest BCUT2D eigenvalue weighted by atomic mass is 10.2. The van der Waals surface area contributed by atoms with E-state index >= 15 is 0 Å². The van der Waals surface area contributed by atoms with Gasteiger partial charge in [-0.2, -0.15) is 0 Å². The number of nitro benzene ring substituents is 1. The summed E-state index contributed by atoms with van der Waals surface area (Å²) in [6.45, 7) is 1.85. The Bertz CT molecular complexity index is 1230. The van der Waals surface area contributed by atoms with Crippen LogP contribution in [0.5, 0.6) is 0 Å². The molecule has 0 spiro atoms. The minimum absolute atomic E-state index is 0.0708. The highest BCUT2D eigenvalue weighted by Crippen LogP contribution is 2.27. The number of amides is 1. The maximum Gasteiger partial charge on any atom is 0.271 e. The Labute approximate surface area is 177 Å². The van der Waals surface area contributed by atoms with Gasteiger partial charge in [0.2, 0.25) is 0 Å². The third kappa shape index (κ3) is 4.94. The highest BCUT2D eigenvalue weighted by molar-refractivity contribution is 7.92. The maximum absolute atomic E-state index is 12.6. The molecule has 2 N–H and O–H groups in total. The molecule has 0 aliphatic carbocycles. The summed E-state index contributed by atoms with van der Waals surface area (Å²) in [6, 6.07) is 15.8. The normalized spacial score (nSPS) is 11.0. The van der Waals surface area contributed by atoms with E-state index in [9.17, 15) is 23.3 Å². The van der Waals surface area contributed by atoms with Gasteiger partial charge in [-0.1, -0.05) is 35.4 Å². The Morgan fingerprint density at radius 2 is 1.73 bits per heavy atom. The summed E-state index contributed by atoms with van der Waals surface area (Å²) >= 11 is 6.00. The lowest BCUT2D eigenvalue weighted by molar-refractivity contribution is -0.384. The summed E-state index contributed by atoms with van der Waals surface area (Å²) in [4.78, 5) is 23.0. The first-order valence-corrected chi connectivity index (χ1v) is 10.5. The number of sulfonamides is 1. The first-order valence-electron chi connectivity index (χ1n) is 8.60. The third-order valence-corrected chi connectivity index (χ3v) is 5.84. The van der Waals surface area contributed by atoms with Crippen LogP contribution in [0.1, 0.15) is 15.9 Å². The van der Waals surface area contributed by atoms with Gasteiger partial charge >= 0.3 is 0 Å². The molecule has 0 bridgehead atoms. The molecule has 3 aromatic rings. The molecule has 30 heavy (non-hydrogen) atoms. The van der Waals surface area contributed by atoms with Crippen molar-refractivity contribution in [2.75, 3.05) is 10.0 Å². The number of non-ortho nitro benzene ring substituents is 1. The minimum Gasteiger partial charge on any atom is -0.320 e. The summed E-state index contributed by atoms with van der Waals surface area (Å²) in [5.74, 6) is -0.603. The van der Waals surface area contributed by atoms with Crippen LogP contribution in [0.4, 0.5) is 17.1 Å². The van der Waals surface area contributed by atoms with E-state index in [0.717, 1.165) is 11.6 Å². The van der Waals surface area contributed by atoms with Crippen LogP contribution >= 0.6 is 11.6 Å². The molecule has 8 nitrogen and oxygen atoms in total. The molecule has 154 valence electrons. The molecule has 0 saturated carbocycles. The number of anilines is 2. The zero-order valence-electron chi connectivity index (χ0n) is 15.6. The second-order valence-corrected chi connectivity index (χ2v) is 8.46. The number of rotatable bonds is 6. The van der Waals surface area contributed by atoms with Crippen LogP contribution in [0.3, 0.4) is 0 Å². The van der Waals surface area contributed by atoms with Crippen molar-refractivity contribution in [2.24, 2.45) is 0 Å². The van der Waals surface area contributed by atoms with Gasteiger partial charge in [0.05, 0.1) is 20.5 Å². The topological polar surface area (TPSA) is 118 Å². The fraction of sp³-hybridized carbons (Fsp3) is 0.0500. The average molecular weight is 446 g/mol. The van der Waals surface area contributed by atoms with Crippen LogP contribution < -0.4 is 10.0 Å². The molecule has 0 fully saturated rings. The van der Waals surface area contributed by atoms with Gasteiger partial charge in [-0.15, -0.1) is 0 Å². The van der Waals surface area contributed by atoms with E-state index in [-0.39, 0.29) is 32.5 Å². The lowest BCUT2D eigenvalue weighted by Gasteiger charge is -2.11. The van der Waals surface area contributed by atoms with Gasteiger partial charge in [-0.3, -0.25) is 19.6 Å². The van der Waals surface area contributed by atoms with Gasteiger partial charge in [-0.05, 0) is 43.3 Å². The summed E-state index contributed by atoms with van der Waals surface area (Å²) in [6.07, 6.45) is 0. The summed E-state index contributed by atoms with van der Waals surface area (Å²) < 4.78 is 27.5. The van der Waals surface area contributed by atoms with Crippen molar-refractivity contribution >= 4 is 44.6 Å². The fourth-order valence-electron chi connectivity index (χ4n) is 2.57. The van der Waals surface area contributed by atoms with Gasteiger partial charge in [0.1, 0.15) is 0 Å². The zero-order valence-corrected chi connectivity index (χ0v) is 17.2. The van der Waals surface area contributed by atoms with Crippen molar-refractivity contribution in [1.82, 2.24) is 0 Å². The number of carbonyl (C=O) groups excluding carboxylic acids is 1. The Kier molecular flexibility index (Phi) is 6.04. The van der Waals surface area contributed by atoms with Crippen LogP contribution in [-0.4, -0.2) is 19.2 Å². The van der Waals surface area contributed by atoms with E-state index in [1.165, 1.54) is 48.5 Å². The summed E-state index contributed by atoms with van der Waals surface area (Å²) in [7, 11) is -3.83. The molecule has 1 amide bonds. The standard InChI is InChI=1S/C20H16ClN3O5S/c1-13-5-8-17(9-6-13)30(28,29)23-15-4-2-3-14(11-15)20(25)22-19-12-16(24(26)27)7-10-18(19)21/h2-12,23H,1H3,(H,22,25). The molecule has 0 aliphatic heterocycles. The highest BCUT2D eigenvalue weighted by Gasteiger charge is 2.16. The van der Waals surface area contributed by atoms with Crippen LogP contribution in [-0.2, 0) is 10.0 Å². The van der Waals surface area contributed by atoms with Crippen LogP contribution in [0.15, 0.2) is 71.6 Å². The highest BCUT2D eigenvalue weighted by atomic mass is 35.5. The predicted molar refractivity (Wildman–Crippen MR) is 114 cm³/mol. The maximum atomic E-state index is 12.6. The van der Waals surface area contributed by atoms with Crippen molar-refractivity contribution in [3.05, 3.63) is 93.0 Å². The molecule has 0 heterocycles. The van der Waals surface area contributed by atoms with Crippen LogP contribution in [0.2, 0.25) is 5.02 Å². The largest absolute Gasteiger partial charge is 0.320 e. The Morgan fingerprint density at radius 1 is 1.03 bits per heavy atom. The third-order valence-electron chi connectivity index (χ3n) is 4.12. The number of nitrogens with zero attached hydrogens (tertiary/aromatic N) is 1. The van der Waals surface area contributed by atoms with Gasteiger partial charge in [0.25, 0.3) is 21.6 Å². The van der Waals surface area contributed by atoms with Gasteiger partial charge in [0.15, 0.2) is 0 Å². The van der Waals surface area contributed by atoms with Crippen molar-refractivity contribution in [2.45, 2.75) is 11.8 Å². The SMILES string of the molecule is Cc1ccc(S(=O)(=O)Nc2cccc(C(=O)Nc3cc([N+](=O)[O-])ccc3Cl)c2)cc1. The number of nitro groups is 1. The molecule has 0 atom stereocenters. The molecule has 10 heteroatoms. The number of carbonyl (C=O) groups is 1. The molecule has 3 rings (SSSR count). The lowest BCUT2D eigenvalue weighted by Crippen LogP contribution is -2.15. The molecule has 0 aliphatic rings. The Balaban J connectivity index is 1.81. The number of hydrogen-bond donors (Lipinski definition) is 2. The van der Waals surface area contributed by atoms with Gasteiger partial charge < -0.3 is 5.32 Å². The molecular weight excluding hydrogens is 430 g/mol. The van der Waals surface area contributed by atoms with Crippen LogP contribution in [0.25, 0.3) is 0 Å². The second kappa shape index (κ2) is 8.52. The first kappa shape index (κ1) is 21.3. The molecule has 0 unspecified atom stereocenters. The van der Waals surface area contributed by atoms with E-state index in [4.69, 9.17) is 11.6 Å². The number of aryl methyl sites for hydroxylation is 1. The summed E-state index contributed by atoms with van der Waals surface area (Å²) in [5, 5.41) is 13.5. The minimum atomic E-state index is -3.83. The van der Waals surface area contributed by atoms with E-state index in [1.807, 2.05) is 6.92 Å². The number of nitrogens with one attached hydrogen (secondary N) is 2. The Morgan fingerprint density at radius 3 is 2.40 bits per heavy atom. The molecule has 0 radical (unpaired) electrons. The van der Waals surface area contributed by atoms with E-state index in [1.54, 1.807) is 12.1 Å². The van der Waals surface area contributed by atoms with E-state index in [0.29, 0.717) is 0 Å². The quantitative estimate of drug-likeness (QED) is 0.424. The number of halogens is 1. The molecule has 0 saturated heterocycles. The predicted octanol–water partition coefficient (Wildman–Crippen LogP) is 4.61. The van der Waals surface area contributed by atoms with Crippen molar-refractivity contribution in [3.8, 4) is 0 Å². The summed E-state index contributed by atoms with van der Waals surface area (Å²) in [5.41, 5.74) is 1.10. The smallest absolute Gasteiger partial charge is 0.271 e. The van der Waals surface area contributed by atoms with Crippen molar-refractivity contribution in [1.29, 1.82) is 0 Å². The monoisotopic (exact) mass is 445 g/mol. The molecule has 0 aromatic heterocycles. The number of benzene rings is 3.